The number of hydrogen-bond acceptors (Lipinski definition) is 1. The van der Waals surface area contributed by atoms with Gasteiger partial charge >= 0.3 is 5.97 Å². The van der Waals surface area contributed by atoms with Crippen molar-refractivity contribution in [3.8, 4) is 0 Å². The molecular formula is C12H11ClF2O2. The lowest BCUT2D eigenvalue weighted by molar-refractivity contribution is -0.140. The van der Waals surface area contributed by atoms with E-state index >= 15 is 0 Å². The second-order valence-electron chi connectivity index (χ2n) is 4.44. The minimum absolute atomic E-state index is 0.0810. The molecule has 0 bridgehead atoms. The van der Waals surface area contributed by atoms with Crippen molar-refractivity contribution in [3.05, 3.63) is 34.3 Å². The van der Waals surface area contributed by atoms with Crippen molar-refractivity contribution >= 4 is 17.6 Å². The van der Waals surface area contributed by atoms with Gasteiger partial charge in [-0.1, -0.05) is 23.7 Å². The molecule has 0 radical (unpaired) electrons. The maximum atomic E-state index is 13.5. The Labute approximate surface area is 102 Å². The summed E-state index contributed by atoms with van der Waals surface area (Å²) in [5, 5.41) is 9.07. The van der Waals surface area contributed by atoms with Crippen LogP contribution in [0.1, 0.15) is 30.9 Å². The zero-order valence-corrected chi connectivity index (χ0v) is 9.89. The monoisotopic (exact) mass is 260 g/mol. The fraction of sp³-hybridized carbons (Fsp3) is 0.417. The second kappa shape index (κ2) is 3.67. The summed E-state index contributed by atoms with van der Waals surface area (Å²) in [4.78, 5) is 11.2. The zero-order valence-electron chi connectivity index (χ0n) is 9.14. The SMILES string of the molecule is CC(F)(F)c1c(Cl)cccc1C1(C(=O)O)CC1. The van der Waals surface area contributed by atoms with Gasteiger partial charge in [-0.3, -0.25) is 4.79 Å². The zero-order chi connectivity index (χ0) is 12.8. The van der Waals surface area contributed by atoms with Crippen LogP contribution in [-0.4, -0.2) is 11.1 Å². The van der Waals surface area contributed by atoms with Crippen LogP contribution in [0.3, 0.4) is 0 Å². The van der Waals surface area contributed by atoms with Crippen LogP contribution in [0.4, 0.5) is 8.78 Å². The molecule has 0 atom stereocenters. The number of carbonyl (C=O) groups is 1. The van der Waals surface area contributed by atoms with Gasteiger partial charge in [0.05, 0.1) is 10.4 Å². The number of hydrogen-bond donors (Lipinski definition) is 1. The minimum Gasteiger partial charge on any atom is -0.481 e. The molecule has 92 valence electrons. The van der Waals surface area contributed by atoms with E-state index in [2.05, 4.69) is 0 Å². The number of carboxylic acids is 1. The van der Waals surface area contributed by atoms with Crippen molar-refractivity contribution in [2.75, 3.05) is 0 Å². The van der Waals surface area contributed by atoms with Gasteiger partial charge in [0.15, 0.2) is 0 Å². The van der Waals surface area contributed by atoms with Crippen molar-refractivity contribution in [2.24, 2.45) is 0 Å². The Morgan fingerprint density at radius 2 is 2.06 bits per heavy atom. The van der Waals surface area contributed by atoms with E-state index in [1.54, 1.807) is 0 Å². The van der Waals surface area contributed by atoms with Crippen LogP contribution in [0.5, 0.6) is 0 Å². The van der Waals surface area contributed by atoms with Crippen LogP contribution in [-0.2, 0) is 16.1 Å². The Bertz CT molecular complexity index is 476. The highest BCUT2D eigenvalue weighted by molar-refractivity contribution is 6.31. The molecule has 1 saturated carbocycles. The number of alkyl halides is 2. The summed E-state index contributed by atoms with van der Waals surface area (Å²) in [7, 11) is 0. The van der Waals surface area contributed by atoms with Gasteiger partial charge in [0, 0.05) is 12.5 Å². The average Bonchev–Trinajstić information content (AvgIpc) is 2.95. The first-order valence-electron chi connectivity index (χ1n) is 5.20. The van der Waals surface area contributed by atoms with E-state index in [1.165, 1.54) is 18.2 Å². The highest BCUT2D eigenvalue weighted by Crippen LogP contribution is 2.53. The molecular weight excluding hydrogens is 250 g/mol. The Morgan fingerprint density at radius 3 is 2.47 bits per heavy atom. The van der Waals surface area contributed by atoms with E-state index in [4.69, 9.17) is 16.7 Å². The van der Waals surface area contributed by atoms with E-state index in [9.17, 15) is 13.6 Å². The first-order valence-corrected chi connectivity index (χ1v) is 5.57. The topological polar surface area (TPSA) is 37.3 Å². The number of rotatable bonds is 3. The van der Waals surface area contributed by atoms with Crippen LogP contribution in [0.15, 0.2) is 18.2 Å². The standard InChI is InChI=1S/C12H11ClF2O2/c1-11(14,15)9-7(3-2-4-8(9)13)12(5-6-12)10(16)17/h2-4H,5-6H2,1H3,(H,16,17). The first-order chi connectivity index (χ1) is 7.79. The van der Waals surface area contributed by atoms with Gasteiger partial charge in [-0.15, -0.1) is 0 Å². The Kier molecular flexibility index (Phi) is 2.65. The summed E-state index contributed by atoms with van der Waals surface area (Å²) in [6, 6.07) is 4.30. The molecule has 1 N–H and O–H groups in total. The number of carboxylic acid groups (broad SMARTS) is 1. The molecule has 5 heteroatoms. The first kappa shape index (κ1) is 12.3. The van der Waals surface area contributed by atoms with Crippen molar-refractivity contribution in [3.63, 3.8) is 0 Å². The highest BCUT2D eigenvalue weighted by atomic mass is 35.5. The van der Waals surface area contributed by atoms with E-state index in [0.717, 1.165) is 6.92 Å². The number of halogens is 3. The summed E-state index contributed by atoms with van der Waals surface area (Å²) in [5.41, 5.74) is -1.38. The van der Waals surface area contributed by atoms with Crippen LogP contribution in [0, 0.1) is 0 Å². The third kappa shape index (κ3) is 1.90. The van der Waals surface area contributed by atoms with Gasteiger partial charge in [-0.2, -0.15) is 0 Å². The van der Waals surface area contributed by atoms with Crippen molar-refractivity contribution in [2.45, 2.75) is 31.1 Å². The summed E-state index contributed by atoms with van der Waals surface area (Å²) >= 11 is 5.78. The van der Waals surface area contributed by atoms with Crippen LogP contribution in [0.2, 0.25) is 5.02 Å². The predicted molar refractivity (Wildman–Crippen MR) is 59.6 cm³/mol. The van der Waals surface area contributed by atoms with E-state index in [1.807, 2.05) is 0 Å². The summed E-state index contributed by atoms with van der Waals surface area (Å²) in [6.45, 7) is 0.732. The lowest BCUT2D eigenvalue weighted by atomic mass is 9.89. The minimum atomic E-state index is -3.14. The van der Waals surface area contributed by atoms with Gasteiger partial charge in [0.2, 0.25) is 0 Å². The van der Waals surface area contributed by atoms with Crippen LogP contribution in [0.25, 0.3) is 0 Å². The third-order valence-electron chi connectivity index (χ3n) is 3.13. The maximum Gasteiger partial charge on any atom is 0.314 e. The molecule has 0 saturated heterocycles. The summed E-state index contributed by atoms with van der Waals surface area (Å²) < 4.78 is 27.0. The lowest BCUT2D eigenvalue weighted by Crippen LogP contribution is -2.24. The van der Waals surface area contributed by atoms with Gasteiger partial charge in [0.25, 0.3) is 5.92 Å². The third-order valence-corrected chi connectivity index (χ3v) is 3.44. The van der Waals surface area contributed by atoms with Gasteiger partial charge in [-0.25, -0.2) is 8.78 Å². The molecule has 1 aliphatic carbocycles. The normalized spacial score (nSPS) is 17.9. The Balaban J connectivity index is 2.64. The molecule has 1 aromatic carbocycles. The molecule has 2 rings (SSSR count). The second-order valence-corrected chi connectivity index (χ2v) is 4.85. The molecule has 0 unspecified atom stereocenters. The molecule has 0 amide bonds. The molecule has 1 aromatic rings. The van der Waals surface area contributed by atoms with E-state index in [0.29, 0.717) is 12.8 Å². The smallest absolute Gasteiger partial charge is 0.314 e. The van der Waals surface area contributed by atoms with Crippen molar-refractivity contribution < 1.29 is 18.7 Å². The summed E-state index contributed by atoms with van der Waals surface area (Å²) in [6.07, 6.45) is 0.761. The molecule has 1 fully saturated rings. The molecule has 17 heavy (non-hydrogen) atoms. The number of aliphatic carboxylic acids is 1. The molecule has 0 spiro atoms. The van der Waals surface area contributed by atoms with Gasteiger partial charge in [-0.05, 0) is 24.5 Å². The quantitative estimate of drug-likeness (QED) is 0.902. The van der Waals surface area contributed by atoms with Crippen LogP contribution < -0.4 is 0 Å². The largest absolute Gasteiger partial charge is 0.481 e. The Morgan fingerprint density at radius 1 is 1.47 bits per heavy atom. The highest BCUT2D eigenvalue weighted by Gasteiger charge is 2.54. The maximum absolute atomic E-state index is 13.5. The number of benzene rings is 1. The van der Waals surface area contributed by atoms with E-state index in [-0.39, 0.29) is 16.1 Å². The lowest BCUT2D eigenvalue weighted by Gasteiger charge is -2.21. The van der Waals surface area contributed by atoms with Crippen molar-refractivity contribution in [1.82, 2.24) is 0 Å². The molecule has 0 heterocycles. The van der Waals surface area contributed by atoms with Gasteiger partial charge in [0.1, 0.15) is 0 Å². The Hall–Kier alpha value is -1.16. The molecule has 1 aliphatic rings. The molecule has 2 nitrogen and oxygen atoms in total. The summed E-state index contributed by atoms with van der Waals surface area (Å²) in [5.74, 6) is -4.20. The van der Waals surface area contributed by atoms with Crippen LogP contribution >= 0.6 is 11.6 Å². The average molecular weight is 261 g/mol. The predicted octanol–water partition coefficient (Wildman–Crippen LogP) is 3.57. The van der Waals surface area contributed by atoms with E-state index < -0.39 is 17.3 Å². The fourth-order valence-corrected chi connectivity index (χ4v) is 2.43. The van der Waals surface area contributed by atoms with Crippen molar-refractivity contribution in [1.29, 1.82) is 0 Å². The van der Waals surface area contributed by atoms with Gasteiger partial charge < -0.3 is 5.11 Å². The molecule has 0 aliphatic heterocycles. The molecule has 0 aromatic heterocycles. The fourth-order valence-electron chi connectivity index (χ4n) is 2.09.